The quantitative estimate of drug-likeness (QED) is 0.746. The molecule has 0 aliphatic heterocycles. The Bertz CT molecular complexity index is 714. The number of halogens is 1. The van der Waals surface area contributed by atoms with Gasteiger partial charge in [-0.15, -0.1) is 0 Å². The largest absolute Gasteiger partial charge is 0.326 e. The second-order valence-corrected chi connectivity index (χ2v) is 6.09. The maximum atomic E-state index is 12.3. The van der Waals surface area contributed by atoms with Gasteiger partial charge in [0.05, 0.1) is 0 Å². The molecule has 2 amide bonds. The van der Waals surface area contributed by atoms with Crippen LogP contribution in [0.4, 0.5) is 11.4 Å². The van der Waals surface area contributed by atoms with E-state index in [1.807, 2.05) is 43.3 Å². The van der Waals surface area contributed by atoms with Crippen molar-refractivity contribution in [2.45, 2.75) is 20.3 Å². The van der Waals surface area contributed by atoms with Crippen molar-refractivity contribution in [3.63, 3.8) is 0 Å². The van der Waals surface area contributed by atoms with Crippen molar-refractivity contribution in [2.24, 2.45) is 0 Å². The molecule has 0 aliphatic carbocycles. The highest BCUT2D eigenvalue weighted by Crippen LogP contribution is 2.24. The maximum absolute atomic E-state index is 12.3. The lowest BCUT2D eigenvalue weighted by molar-refractivity contribution is -0.115. The predicted molar refractivity (Wildman–Crippen MR) is 97.2 cm³/mol. The predicted octanol–water partition coefficient (Wildman–Crippen LogP) is 4.20. The van der Waals surface area contributed by atoms with E-state index in [2.05, 4.69) is 33.2 Å². The van der Waals surface area contributed by atoms with Crippen LogP contribution in [0, 0.1) is 10.5 Å². The number of amides is 2. The molecule has 2 N–H and O–H groups in total. The normalized spacial score (nSPS) is 10.1. The van der Waals surface area contributed by atoms with Gasteiger partial charge >= 0.3 is 0 Å². The Labute approximate surface area is 143 Å². The summed E-state index contributed by atoms with van der Waals surface area (Å²) in [5, 5.41) is 5.72. The molecule has 0 heterocycles. The van der Waals surface area contributed by atoms with Crippen LogP contribution in [0.25, 0.3) is 0 Å². The molecule has 0 fully saturated rings. The highest BCUT2D eigenvalue weighted by atomic mass is 127. The van der Waals surface area contributed by atoms with Crippen molar-refractivity contribution in [3.8, 4) is 0 Å². The molecule has 22 heavy (non-hydrogen) atoms. The van der Waals surface area contributed by atoms with Crippen LogP contribution in [-0.4, -0.2) is 11.8 Å². The third kappa shape index (κ3) is 4.07. The van der Waals surface area contributed by atoms with E-state index in [9.17, 15) is 9.59 Å². The average molecular weight is 408 g/mol. The summed E-state index contributed by atoms with van der Waals surface area (Å²) in [4.78, 5) is 23.8. The van der Waals surface area contributed by atoms with Crippen LogP contribution < -0.4 is 10.6 Å². The van der Waals surface area contributed by atoms with Gasteiger partial charge in [0.1, 0.15) is 0 Å². The zero-order chi connectivity index (χ0) is 16.1. The summed E-state index contributed by atoms with van der Waals surface area (Å²) in [5.41, 5.74) is 2.85. The number of carbonyl (C=O) groups is 2. The molecule has 114 valence electrons. The van der Waals surface area contributed by atoms with Crippen molar-refractivity contribution in [1.29, 1.82) is 0 Å². The summed E-state index contributed by atoms with van der Waals surface area (Å²) in [6, 6.07) is 12.8. The van der Waals surface area contributed by atoms with Crippen LogP contribution in [0.15, 0.2) is 42.5 Å². The van der Waals surface area contributed by atoms with Gasteiger partial charge in [0, 0.05) is 26.9 Å². The first-order chi connectivity index (χ1) is 10.5. The van der Waals surface area contributed by atoms with E-state index in [4.69, 9.17) is 0 Å². The molecule has 0 saturated heterocycles. The van der Waals surface area contributed by atoms with Crippen molar-refractivity contribution in [3.05, 3.63) is 57.2 Å². The van der Waals surface area contributed by atoms with Crippen LogP contribution in [-0.2, 0) is 4.79 Å². The zero-order valence-corrected chi connectivity index (χ0v) is 14.6. The lowest BCUT2D eigenvalue weighted by Gasteiger charge is -2.13. The van der Waals surface area contributed by atoms with Gasteiger partial charge in [-0.05, 0) is 65.4 Å². The van der Waals surface area contributed by atoms with E-state index < -0.39 is 0 Å². The molecule has 0 saturated carbocycles. The number of rotatable bonds is 4. The number of carbonyl (C=O) groups excluding carboxylic acids is 2. The minimum absolute atomic E-state index is 0.0517. The fraction of sp³-hybridized carbons (Fsp3) is 0.176. The number of benzene rings is 2. The number of hydrogen-bond donors (Lipinski definition) is 2. The molecule has 2 rings (SSSR count). The summed E-state index contributed by atoms with van der Waals surface area (Å²) in [6.45, 7) is 3.67. The SMILES string of the molecule is CCC(=O)Nc1cccc(NC(=O)c2cccc(I)c2)c1C. The molecule has 2 aromatic carbocycles. The number of anilines is 2. The lowest BCUT2D eigenvalue weighted by atomic mass is 10.1. The summed E-state index contributed by atoms with van der Waals surface area (Å²) in [7, 11) is 0. The molecule has 5 heteroatoms. The highest BCUT2D eigenvalue weighted by molar-refractivity contribution is 14.1. The maximum Gasteiger partial charge on any atom is 0.255 e. The fourth-order valence-electron chi connectivity index (χ4n) is 1.97. The second-order valence-electron chi connectivity index (χ2n) is 4.84. The van der Waals surface area contributed by atoms with Crippen LogP contribution >= 0.6 is 22.6 Å². The van der Waals surface area contributed by atoms with Crippen molar-refractivity contribution in [1.82, 2.24) is 0 Å². The summed E-state index contributed by atoms with van der Waals surface area (Å²) >= 11 is 2.17. The minimum atomic E-state index is -0.166. The average Bonchev–Trinajstić information content (AvgIpc) is 2.51. The van der Waals surface area contributed by atoms with Crippen molar-refractivity contribution in [2.75, 3.05) is 10.6 Å². The van der Waals surface area contributed by atoms with E-state index >= 15 is 0 Å². The molecule has 0 atom stereocenters. The Balaban J connectivity index is 2.21. The topological polar surface area (TPSA) is 58.2 Å². The van der Waals surface area contributed by atoms with E-state index in [-0.39, 0.29) is 11.8 Å². The zero-order valence-electron chi connectivity index (χ0n) is 12.4. The molecule has 0 spiro atoms. The molecule has 0 aliphatic rings. The Morgan fingerprint density at radius 1 is 1.05 bits per heavy atom. The summed E-state index contributed by atoms with van der Waals surface area (Å²) < 4.78 is 1.01. The van der Waals surface area contributed by atoms with Crippen LogP contribution in [0.2, 0.25) is 0 Å². The Hall–Kier alpha value is -1.89. The van der Waals surface area contributed by atoms with Gasteiger partial charge in [-0.2, -0.15) is 0 Å². The van der Waals surface area contributed by atoms with Gasteiger partial charge in [-0.25, -0.2) is 0 Å². The van der Waals surface area contributed by atoms with Crippen LogP contribution in [0.1, 0.15) is 29.3 Å². The second kappa shape index (κ2) is 7.40. The summed E-state index contributed by atoms with van der Waals surface area (Å²) in [6.07, 6.45) is 0.415. The van der Waals surface area contributed by atoms with Crippen molar-refractivity contribution >= 4 is 45.8 Å². The standard InChI is InChI=1S/C17H17IN2O2/c1-3-16(21)19-14-8-5-9-15(11(14)2)20-17(22)12-6-4-7-13(18)10-12/h4-10H,3H2,1-2H3,(H,19,21)(H,20,22). The molecular formula is C17H17IN2O2. The van der Waals surface area contributed by atoms with Crippen LogP contribution in [0.5, 0.6) is 0 Å². The summed E-state index contributed by atoms with van der Waals surface area (Å²) in [5.74, 6) is -0.218. The van der Waals surface area contributed by atoms with Gasteiger partial charge in [0.25, 0.3) is 5.91 Å². The Kier molecular flexibility index (Phi) is 5.54. The number of hydrogen-bond acceptors (Lipinski definition) is 2. The first-order valence-electron chi connectivity index (χ1n) is 6.97. The first-order valence-corrected chi connectivity index (χ1v) is 8.05. The Morgan fingerprint density at radius 2 is 1.68 bits per heavy atom. The van der Waals surface area contributed by atoms with E-state index in [1.54, 1.807) is 13.0 Å². The smallest absolute Gasteiger partial charge is 0.255 e. The molecule has 0 bridgehead atoms. The monoisotopic (exact) mass is 408 g/mol. The van der Waals surface area contributed by atoms with Crippen LogP contribution in [0.3, 0.4) is 0 Å². The molecule has 0 aromatic heterocycles. The van der Waals surface area contributed by atoms with Gasteiger partial charge in [-0.3, -0.25) is 9.59 Å². The molecule has 0 unspecified atom stereocenters. The van der Waals surface area contributed by atoms with Crippen molar-refractivity contribution < 1.29 is 9.59 Å². The van der Waals surface area contributed by atoms with E-state index in [1.165, 1.54) is 0 Å². The molecule has 4 nitrogen and oxygen atoms in total. The Morgan fingerprint density at radius 3 is 2.32 bits per heavy atom. The number of nitrogens with one attached hydrogen (secondary N) is 2. The molecule has 0 radical (unpaired) electrons. The third-order valence-corrected chi connectivity index (χ3v) is 3.93. The lowest BCUT2D eigenvalue weighted by Crippen LogP contribution is -2.15. The van der Waals surface area contributed by atoms with Gasteiger partial charge in [0.15, 0.2) is 0 Å². The van der Waals surface area contributed by atoms with Gasteiger partial charge in [0.2, 0.25) is 5.91 Å². The fourth-order valence-corrected chi connectivity index (χ4v) is 2.51. The minimum Gasteiger partial charge on any atom is -0.326 e. The van der Waals surface area contributed by atoms with Gasteiger partial charge < -0.3 is 10.6 Å². The molecular weight excluding hydrogens is 391 g/mol. The third-order valence-electron chi connectivity index (χ3n) is 3.26. The van der Waals surface area contributed by atoms with E-state index in [0.29, 0.717) is 23.4 Å². The highest BCUT2D eigenvalue weighted by Gasteiger charge is 2.11. The molecule has 2 aromatic rings. The van der Waals surface area contributed by atoms with E-state index in [0.717, 1.165) is 9.13 Å². The first kappa shape index (κ1) is 16.5. The van der Waals surface area contributed by atoms with Gasteiger partial charge in [-0.1, -0.05) is 19.1 Å².